The molecule has 0 fully saturated rings. The minimum Gasteiger partial charge on any atom is -0.462 e. The van der Waals surface area contributed by atoms with E-state index in [-0.39, 0.29) is 25.6 Å². The van der Waals surface area contributed by atoms with E-state index in [1.165, 1.54) is 231 Å². The zero-order chi connectivity index (χ0) is 51.3. The van der Waals surface area contributed by atoms with Crippen LogP contribution in [0.3, 0.4) is 0 Å². The Hall–Kier alpha value is -1.51. The first-order valence-electron chi connectivity index (χ1n) is 30.1. The predicted molar refractivity (Wildman–Crippen MR) is 298 cm³/mol. The van der Waals surface area contributed by atoms with Gasteiger partial charge in [-0.25, -0.2) is 4.57 Å². The molecule has 70 heavy (non-hydrogen) atoms. The third-order valence-electron chi connectivity index (χ3n) is 13.5. The van der Waals surface area contributed by atoms with E-state index in [1.807, 2.05) is 21.1 Å². The van der Waals surface area contributed by atoms with Crippen LogP contribution in [-0.4, -0.2) is 74.9 Å². The first kappa shape index (κ1) is 68.5. The summed E-state index contributed by atoms with van der Waals surface area (Å²) in [5.74, 6) is -0.784. The molecule has 0 aromatic heterocycles. The van der Waals surface area contributed by atoms with Gasteiger partial charge in [0.25, 0.3) is 0 Å². The van der Waals surface area contributed by atoms with Crippen LogP contribution in [0, 0.1) is 0 Å². The molecule has 414 valence electrons. The number of quaternary nitrogens is 1. The molecule has 0 saturated carbocycles. The summed E-state index contributed by atoms with van der Waals surface area (Å²) < 4.78 is 34.6. The second kappa shape index (κ2) is 52.4. The first-order valence-corrected chi connectivity index (χ1v) is 31.6. The lowest BCUT2D eigenvalue weighted by molar-refractivity contribution is -0.870. The van der Waals surface area contributed by atoms with Gasteiger partial charge in [-0.2, -0.15) is 0 Å². The SMILES string of the molecule is CCCCCCCC/C=C\CCCCCCCCCCCC(=O)OCC(COP(=O)(O)OCC[N+](C)(C)C)OC(=O)CCCCCCCCCCCCCCCCC/C=C\CCCCCCCCCC. The Labute approximate surface area is 434 Å². The summed E-state index contributed by atoms with van der Waals surface area (Å²) in [5.41, 5.74) is 0. The van der Waals surface area contributed by atoms with Gasteiger partial charge < -0.3 is 18.9 Å². The van der Waals surface area contributed by atoms with E-state index in [1.54, 1.807) is 0 Å². The number of esters is 2. The van der Waals surface area contributed by atoms with Gasteiger partial charge >= 0.3 is 19.8 Å². The lowest BCUT2D eigenvalue weighted by atomic mass is 10.0. The van der Waals surface area contributed by atoms with Gasteiger partial charge in [0.15, 0.2) is 6.10 Å². The molecular weight excluding hydrogens is 894 g/mol. The fourth-order valence-electron chi connectivity index (χ4n) is 8.77. The minimum atomic E-state index is -4.38. The standard InChI is InChI=1S/C60H116NO8P/c1-6-8-10-12-14-16-18-20-22-24-26-27-28-29-30-31-32-33-35-37-39-41-43-45-47-49-51-53-60(63)69-58(57-68-70(64,65)67-55-54-61(3,4)5)56-66-59(62)52-50-48-46-44-42-40-38-36-34-25-23-21-19-17-15-13-11-9-7-2/h21,23-24,26,58H,6-20,22,25,27-57H2,1-5H3/p+1/b23-21-,26-24-. The number of rotatable bonds is 56. The molecule has 1 N–H and O–H groups in total. The van der Waals surface area contributed by atoms with Crippen molar-refractivity contribution in [2.45, 2.75) is 302 Å². The maximum absolute atomic E-state index is 12.8. The molecule has 10 heteroatoms. The van der Waals surface area contributed by atoms with Crippen LogP contribution >= 0.6 is 7.82 Å². The van der Waals surface area contributed by atoms with Gasteiger partial charge in [-0.05, 0) is 64.2 Å². The highest BCUT2D eigenvalue weighted by Crippen LogP contribution is 2.43. The van der Waals surface area contributed by atoms with E-state index in [9.17, 15) is 19.0 Å². The summed E-state index contributed by atoms with van der Waals surface area (Å²) in [5, 5.41) is 0. The first-order chi connectivity index (χ1) is 34.0. The van der Waals surface area contributed by atoms with Crippen LogP contribution in [0.2, 0.25) is 0 Å². The van der Waals surface area contributed by atoms with Gasteiger partial charge in [0.05, 0.1) is 27.7 Å². The van der Waals surface area contributed by atoms with Gasteiger partial charge in [-0.1, -0.05) is 244 Å². The van der Waals surface area contributed by atoms with E-state index in [0.717, 1.165) is 32.1 Å². The molecule has 0 heterocycles. The minimum absolute atomic E-state index is 0.0339. The molecule has 0 aromatic carbocycles. The maximum atomic E-state index is 12.8. The molecule has 0 amide bonds. The molecular formula is C60H117NO8P+. The number of hydrogen-bond donors (Lipinski definition) is 1. The Morgan fingerprint density at radius 1 is 0.429 bits per heavy atom. The predicted octanol–water partition coefficient (Wildman–Crippen LogP) is 18.6. The van der Waals surface area contributed by atoms with E-state index in [0.29, 0.717) is 23.9 Å². The molecule has 0 saturated heterocycles. The van der Waals surface area contributed by atoms with Gasteiger partial charge in [0, 0.05) is 12.8 Å². The van der Waals surface area contributed by atoms with E-state index >= 15 is 0 Å². The highest BCUT2D eigenvalue weighted by molar-refractivity contribution is 7.47. The lowest BCUT2D eigenvalue weighted by Crippen LogP contribution is -2.37. The number of carbonyl (C=O) groups excluding carboxylic acids is 2. The monoisotopic (exact) mass is 1010 g/mol. The van der Waals surface area contributed by atoms with E-state index < -0.39 is 26.5 Å². The van der Waals surface area contributed by atoms with Crippen molar-refractivity contribution in [3.63, 3.8) is 0 Å². The van der Waals surface area contributed by atoms with Crippen LogP contribution in [0.4, 0.5) is 0 Å². The second-order valence-electron chi connectivity index (χ2n) is 21.7. The summed E-state index contributed by atoms with van der Waals surface area (Å²) in [6.45, 7) is 4.48. The summed E-state index contributed by atoms with van der Waals surface area (Å²) in [4.78, 5) is 35.7. The van der Waals surface area contributed by atoms with Crippen LogP contribution in [0.5, 0.6) is 0 Å². The second-order valence-corrected chi connectivity index (χ2v) is 23.2. The summed E-state index contributed by atoms with van der Waals surface area (Å²) in [6.07, 6.45) is 62.5. The fourth-order valence-corrected chi connectivity index (χ4v) is 9.51. The van der Waals surface area contributed by atoms with Gasteiger partial charge in [0.1, 0.15) is 19.8 Å². The number of ether oxygens (including phenoxy) is 2. The quantitative estimate of drug-likeness (QED) is 0.0211. The summed E-state index contributed by atoms with van der Waals surface area (Å²) in [6, 6.07) is 0. The van der Waals surface area contributed by atoms with Crippen molar-refractivity contribution in [1.29, 1.82) is 0 Å². The number of nitrogens with zero attached hydrogens (tertiary/aromatic N) is 1. The van der Waals surface area contributed by atoms with Crippen molar-refractivity contribution in [2.75, 3.05) is 47.5 Å². The van der Waals surface area contributed by atoms with E-state index in [2.05, 4.69) is 38.2 Å². The van der Waals surface area contributed by atoms with Gasteiger partial charge in [-0.15, -0.1) is 0 Å². The summed E-state index contributed by atoms with van der Waals surface area (Å²) in [7, 11) is 1.49. The normalized spacial score (nSPS) is 13.4. The Morgan fingerprint density at radius 3 is 1.06 bits per heavy atom. The number of unbranched alkanes of at least 4 members (excludes halogenated alkanes) is 38. The molecule has 0 rings (SSSR count). The third-order valence-corrected chi connectivity index (χ3v) is 14.4. The number of likely N-dealkylation sites (N-methyl/N-ethyl adjacent to an activating group) is 1. The molecule has 0 spiro atoms. The Morgan fingerprint density at radius 2 is 0.729 bits per heavy atom. The molecule has 2 atom stereocenters. The van der Waals surface area contributed by atoms with Gasteiger partial charge in [-0.3, -0.25) is 18.6 Å². The molecule has 0 radical (unpaired) electrons. The molecule has 0 aromatic rings. The average Bonchev–Trinajstić information content (AvgIpc) is 3.32. The van der Waals surface area contributed by atoms with Gasteiger partial charge in [0.2, 0.25) is 0 Å². The maximum Gasteiger partial charge on any atom is 0.472 e. The molecule has 0 aliphatic rings. The van der Waals surface area contributed by atoms with Crippen molar-refractivity contribution in [1.82, 2.24) is 0 Å². The van der Waals surface area contributed by atoms with Crippen LogP contribution in [-0.2, 0) is 32.7 Å². The fraction of sp³-hybridized carbons (Fsp3) is 0.900. The number of hydrogen-bond acceptors (Lipinski definition) is 7. The van der Waals surface area contributed by atoms with Crippen molar-refractivity contribution < 1.29 is 42.1 Å². The lowest BCUT2D eigenvalue weighted by Gasteiger charge is -2.24. The van der Waals surface area contributed by atoms with Crippen molar-refractivity contribution in [3.05, 3.63) is 24.3 Å². The number of phosphoric acid groups is 1. The molecule has 9 nitrogen and oxygen atoms in total. The molecule has 0 aliphatic carbocycles. The van der Waals surface area contributed by atoms with Crippen molar-refractivity contribution in [3.8, 4) is 0 Å². The number of phosphoric ester groups is 1. The smallest absolute Gasteiger partial charge is 0.462 e. The Bertz CT molecular complexity index is 1240. The highest BCUT2D eigenvalue weighted by Gasteiger charge is 2.27. The topological polar surface area (TPSA) is 108 Å². The average molecular weight is 1010 g/mol. The van der Waals surface area contributed by atoms with E-state index in [4.69, 9.17) is 18.5 Å². The van der Waals surface area contributed by atoms with Crippen molar-refractivity contribution in [2.24, 2.45) is 0 Å². The van der Waals surface area contributed by atoms with Crippen LogP contribution < -0.4 is 0 Å². The molecule has 0 aliphatic heterocycles. The largest absolute Gasteiger partial charge is 0.472 e. The van der Waals surface area contributed by atoms with Crippen molar-refractivity contribution >= 4 is 19.8 Å². The Kier molecular flexibility index (Phi) is 51.2. The summed E-state index contributed by atoms with van der Waals surface area (Å²) >= 11 is 0. The zero-order valence-electron chi connectivity index (χ0n) is 47.0. The third kappa shape index (κ3) is 55.8. The Balaban J connectivity index is 4.10. The molecule has 2 unspecified atom stereocenters. The number of allylic oxidation sites excluding steroid dienone is 4. The molecule has 0 bridgehead atoms. The zero-order valence-corrected chi connectivity index (χ0v) is 47.9. The van der Waals surface area contributed by atoms with Crippen LogP contribution in [0.15, 0.2) is 24.3 Å². The van der Waals surface area contributed by atoms with Crippen LogP contribution in [0.25, 0.3) is 0 Å². The number of carbonyl (C=O) groups is 2. The highest BCUT2D eigenvalue weighted by atomic mass is 31.2. The van der Waals surface area contributed by atoms with Crippen LogP contribution in [0.1, 0.15) is 296 Å².